The molecule has 3 aliphatic rings. The number of aromatic nitrogens is 2. The Kier molecular flexibility index (Phi) is 4.15. The average Bonchev–Trinajstić information content (AvgIpc) is 2.94. The molecule has 1 atom stereocenters. The first-order chi connectivity index (χ1) is 12.0. The van der Waals surface area contributed by atoms with Crippen molar-refractivity contribution in [2.75, 3.05) is 31.1 Å². The molecule has 0 radical (unpaired) electrons. The van der Waals surface area contributed by atoms with Gasteiger partial charge in [0, 0.05) is 44.8 Å². The van der Waals surface area contributed by atoms with E-state index in [1.54, 1.807) is 0 Å². The molecule has 0 aliphatic carbocycles. The number of rotatable bonds is 2. The molecule has 25 heavy (non-hydrogen) atoms. The second kappa shape index (κ2) is 6.33. The molecule has 0 bridgehead atoms. The quantitative estimate of drug-likeness (QED) is 0.712. The highest BCUT2D eigenvalue weighted by molar-refractivity contribution is 5.77. The molecular weight excluding hydrogens is 320 g/mol. The third-order valence-corrected chi connectivity index (χ3v) is 5.69. The first-order valence-electron chi connectivity index (χ1n) is 9.17. The highest BCUT2D eigenvalue weighted by Gasteiger charge is 2.44. The zero-order valence-electron chi connectivity index (χ0n) is 14.5. The van der Waals surface area contributed by atoms with Gasteiger partial charge in [0.05, 0.1) is 5.56 Å². The minimum Gasteiger partial charge on any atom is -0.470 e. The minimum absolute atomic E-state index is 0.140. The molecule has 2 fully saturated rings. The van der Waals surface area contributed by atoms with Crippen LogP contribution >= 0.6 is 0 Å². The second-order valence-corrected chi connectivity index (χ2v) is 7.44. The lowest BCUT2D eigenvalue weighted by atomic mass is 9.87. The number of nitrogens with one attached hydrogen (secondary N) is 1. The van der Waals surface area contributed by atoms with E-state index in [0.717, 1.165) is 31.4 Å². The fourth-order valence-corrected chi connectivity index (χ4v) is 4.19. The van der Waals surface area contributed by atoms with Gasteiger partial charge in [0.2, 0.25) is 17.7 Å². The van der Waals surface area contributed by atoms with Crippen LogP contribution < -0.4 is 21.5 Å². The maximum Gasteiger partial charge on any atom is 0.225 e. The molecule has 1 amide bonds. The molecule has 8 heteroatoms. The Bertz CT molecular complexity index is 665. The highest BCUT2D eigenvalue weighted by atomic mass is 16.5. The zero-order chi connectivity index (χ0) is 17.4. The molecule has 136 valence electrons. The molecule has 0 saturated carbocycles. The standard InChI is InChI=1S/C17H26N6O2/c18-14-12-10-17(25-15(12)22-16(19)21-14)4-7-23(8-5-17)13(24)9-11-3-1-2-6-20-11/h11,20H,1-10H2,(H4,18,19,21,22)/t11-/m1/s1. The monoisotopic (exact) mass is 346 g/mol. The summed E-state index contributed by atoms with van der Waals surface area (Å²) in [6.45, 7) is 2.45. The number of hydrogen-bond acceptors (Lipinski definition) is 7. The topological polar surface area (TPSA) is 119 Å². The molecule has 1 aromatic heterocycles. The van der Waals surface area contributed by atoms with Crippen LogP contribution in [0.15, 0.2) is 0 Å². The number of likely N-dealkylation sites (tertiary alicyclic amines) is 1. The van der Waals surface area contributed by atoms with E-state index in [1.807, 2.05) is 4.90 Å². The van der Waals surface area contributed by atoms with Crippen molar-refractivity contribution in [3.05, 3.63) is 5.56 Å². The summed E-state index contributed by atoms with van der Waals surface area (Å²) in [7, 11) is 0. The van der Waals surface area contributed by atoms with Gasteiger partial charge in [0.15, 0.2) is 0 Å². The lowest BCUT2D eigenvalue weighted by molar-refractivity contribution is -0.135. The second-order valence-electron chi connectivity index (χ2n) is 7.44. The summed E-state index contributed by atoms with van der Waals surface area (Å²) in [5.74, 6) is 1.30. The molecule has 1 spiro atoms. The van der Waals surface area contributed by atoms with Gasteiger partial charge >= 0.3 is 0 Å². The zero-order valence-corrected chi connectivity index (χ0v) is 14.5. The Labute approximate surface area is 147 Å². The third kappa shape index (κ3) is 3.22. The fourth-order valence-electron chi connectivity index (χ4n) is 4.19. The van der Waals surface area contributed by atoms with E-state index in [4.69, 9.17) is 16.2 Å². The summed E-state index contributed by atoms with van der Waals surface area (Å²) in [5, 5.41) is 3.45. The number of nitrogens with zero attached hydrogens (tertiary/aromatic N) is 3. The van der Waals surface area contributed by atoms with E-state index in [1.165, 1.54) is 12.8 Å². The number of fused-ring (bicyclic) bond motifs is 1. The van der Waals surface area contributed by atoms with Crippen molar-refractivity contribution in [2.45, 2.75) is 56.6 Å². The number of hydrogen-bond donors (Lipinski definition) is 3. The van der Waals surface area contributed by atoms with Gasteiger partial charge in [-0.15, -0.1) is 0 Å². The van der Waals surface area contributed by atoms with E-state index in [-0.39, 0.29) is 17.5 Å². The molecule has 3 aliphatic heterocycles. The summed E-state index contributed by atoms with van der Waals surface area (Å²) in [6.07, 6.45) is 6.39. The lowest BCUT2D eigenvalue weighted by Gasteiger charge is -2.39. The number of carbonyl (C=O) groups excluding carboxylic acids is 1. The third-order valence-electron chi connectivity index (χ3n) is 5.69. The summed E-state index contributed by atoms with van der Waals surface area (Å²) in [4.78, 5) is 22.7. The predicted molar refractivity (Wildman–Crippen MR) is 94.0 cm³/mol. The van der Waals surface area contributed by atoms with Crippen molar-refractivity contribution < 1.29 is 9.53 Å². The molecule has 4 rings (SSSR count). The van der Waals surface area contributed by atoms with E-state index < -0.39 is 0 Å². The van der Waals surface area contributed by atoms with Gasteiger partial charge in [-0.25, -0.2) is 0 Å². The van der Waals surface area contributed by atoms with Crippen molar-refractivity contribution in [1.82, 2.24) is 20.2 Å². The van der Waals surface area contributed by atoms with E-state index >= 15 is 0 Å². The number of anilines is 2. The fraction of sp³-hybridized carbons (Fsp3) is 0.706. The number of amides is 1. The first kappa shape index (κ1) is 16.4. The summed E-state index contributed by atoms with van der Waals surface area (Å²) in [5.41, 5.74) is 12.1. The Balaban J connectivity index is 1.35. The van der Waals surface area contributed by atoms with E-state index in [0.29, 0.717) is 43.7 Å². The normalized spacial score (nSPS) is 24.8. The lowest BCUT2D eigenvalue weighted by Crippen LogP contribution is -2.50. The summed E-state index contributed by atoms with van der Waals surface area (Å²) < 4.78 is 6.11. The predicted octanol–water partition coefficient (Wildman–Crippen LogP) is 0.469. The van der Waals surface area contributed by atoms with Crippen LogP contribution in [0.5, 0.6) is 5.88 Å². The van der Waals surface area contributed by atoms with Crippen LogP contribution in [0.2, 0.25) is 0 Å². The minimum atomic E-state index is -0.321. The summed E-state index contributed by atoms with van der Waals surface area (Å²) in [6, 6.07) is 0.335. The Morgan fingerprint density at radius 1 is 1.28 bits per heavy atom. The number of nitrogen functional groups attached to an aromatic ring is 2. The average molecular weight is 346 g/mol. The van der Waals surface area contributed by atoms with Crippen LogP contribution in [0.3, 0.4) is 0 Å². The SMILES string of the molecule is Nc1nc(N)c2c(n1)OC1(CCN(C(=O)C[C@H]3CCCCN3)CC1)C2. The number of piperidine rings is 2. The van der Waals surface area contributed by atoms with Crippen molar-refractivity contribution in [3.8, 4) is 5.88 Å². The molecule has 2 saturated heterocycles. The number of carbonyl (C=O) groups is 1. The van der Waals surface area contributed by atoms with Gasteiger partial charge in [0.1, 0.15) is 11.4 Å². The highest BCUT2D eigenvalue weighted by Crippen LogP contribution is 2.42. The van der Waals surface area contributed by atoms with Crippen molar-refractivity contribution in [2.24, 2.45) is 0 Å². The van der Waals surface area contributed by atoms with E-state index in [9.17, 15) is 4.79 Å². The van der Waals surface area contributed by atoms with Gasteiger partial charge in [0.25, 0.3) is 0 Å². The Morgan fingerprint density at radius 3 is 2.80 bits per heavy atom. The molecule has 8 nitrogen and oxygen atoms in total. The maximum atomic E-state index is 12.6. The number of nitrogens with two attached hydrogens (primary N) is 2. The van der Waals surface area contributed by atoms with Gasteiger partial charge < -0.3 is 26.4 Å². The molecule has 0 unspecified atom stereocenters. The van der Waals surface area contributed by atoms with Crippen LogP contribution in [-0.2, 0) is 11.2 Å². The molecule has 1 aromatic rings. The van der Waals surface area contributed by atoms with Crippen LogP contribution in [0.25, 0.3) is 0 Å². The number of ether oxygens (including phenoxy) is 1. The summed E-state index contributed by atoms with van der Waals surface area (Å²) >= 11 is 0. The van der Waals surface area contributed by atoms with Gasteiger partial charge in [-0.1, -0.05) is 6.42 Å². The maximum absolute atomic E-state index is 12.6. The van der Waals surface area contributed by atoms with Gasteiger partial charge in [-0.05, 0) is 19.4 Å². The Hall–Kier alpha value is -2.09. The van der Waals surface area contributed by atoms with Crippen LogP contribution in [0.4, 0.5) is 11.8 Å². The van der Waals surface area contributed by atoms with Crippen molar-refractivity contribution in [1.29, 1.82) is 0 Å². The van der Waals surface area contributed by atoms with Gasteiger partial charge in [-0.3, -0.25) is 4.79 Å². The largest absolute Gasteiger partial charge is 0.470 e. The molecule has 0 aromatic carbocycles. The van der Waals surface area contributed by atoms with Crippen LogP contribution in [0, 0.1) is 0 Å². The molecule has 5 N–H and O–H groups in total. The van der Waals surface area contributed by atoms with Crippen LogP contribution in [0.1, 0.15) is 44.1 Å². The van der Waals surface area contributed by atoms with Crippen LogP contribution in [-0.4, -0.2) is 52.1 Å². The van der Waals surface area contributed by atoms with Crippen molar-refractivity contribution >= 4 is 17.7 Å². The smallest absolute Gasteiger partial charge is 0.225 e. The molecule has 4 heterocycles. The first-order valence-corrected chi connectivity index (χ1v) is 9.17. The van der Waals surface area contributed by atoms with Crippen molar-refractivity contribution in [3.63, 3.8) is 0 Å². The van der Waals surface area contributed by atoms with E-state index in [2.05, 4.69) is 15.3 Å². The molecular formula is C17H26N6O2. The Morgan fingerprint density at radius 2 is 2.08 bits per heavy atom. The van der Waals surface area contributed by atoms with Gasteiger partial charge in [-0.2, -0.15) is 9.97 Å².